The van der Waals surface area contributed by atoms with Crippen LogP contribution >= 0.6 is 0 Å². The maximum Gasteiger partial charge on any atom is 0.160 e. The van der Waals surface area contributed by atoms with Crippen molar-refractivity contribution in [1.29, 1.82) is 0 Å². The summed E-state index contributed by atoms with van der Waals surface area (Å²) in [5.41, 5.74) is -0.123. The van der Waals surface area contributed by atoms with Gasteiger partial charge in [0.2, 0.25) is 0 Å². The molecule has 0 aromatic rings. The predicted octanol–water partition coefficient (Wildman–Crippen LogP) is 2.97. The van der Waals surface area contributed by atoms with Gasteiger partial charge < -0.3 is 4.74 Å². The van der Waals surface area contributed by atoms with Gasteiger partial charge in [0.05, 0.1) is 6.10 Å². The molecule has 1 fully saturated rings. The average molecular weight is 210 g/mol. The minimum Gasteiger partial charge on any atom is -0.365 e. The molecule has 0 spiro atoms. The van der Waals surface area contributed by atoms with E-state index in [4.69, 9.17) is 4.74 Å². The molecule has 0 saturated carbocycles. The summed E-state index contributed by atoms with van der Waals surface area (Å²) >= 11 is 0. The van der Waals surface area contributed by atoms with Gasteiger partial charge in [-0.05, 0) is 17.6 Å². The Morgan fingerprint density at radius 1 is 1.13 bits per heavy atom. The standard InChI is InChI=1S/C13H22O2/c1-12(2,3)10(14)8-7-9-11(15-9)13(4,5)6/h7-9,11H,1-6H3/b8-7+/t9-,11?/m0/s1. The molecule has 0 bridgehead atoms. The number of hydrogen-bond acceptors (Lipinski definition) is 2. The molecule has 1 aliphatic heterocycles. The second-order valence-electron chi connectivity index (χ2n) is 6.36. The maximum atomic E-state index is 11.6. The number of hydrogen-bond donors (Lipinski definition) is 0. The molecule has 0 aromatic carbocycles. The molecule has 0 N–H and O–H groups in total. The van der Waals surface area contributed by atoms with Crippen LogP contribution in [0.5, 0.6) is 0 Å². The third-order valence-corrected chi connectivity index (χ3v) is 2.56. The minimum atomic E-state index is -0.289. The lowest BCUT2D eigenvalue weighted by atomic mass is 9.88. The van der Waals surface area contributed by atoms with E-state index in [1.807, 2.05) is 26.8 Å². The summed E-state index contributed by atoms with van der Waals surface area (Å²) in [5, 5.41) is 0. The minimum absolute atomic E-state index is 0.135. The first-order chi connectivity index (χ1) is 6.62. The smallest absolute Gasteiger partial charge is 0.160 e. The molecule has 0 radical (unpaired) electrons. The van der Waals surface area contributed by atoms with Gasteiger partial charge in [0.25, 0.3) is 0 Å². The normalized spacial score (nSPS) is 27.1. The molecule has 1 unspecified atom stereocenters. The van der Waals surface area contributed by atoms with Crippen LogP contribution in [0.3, 0.4) is 0 Å². The lowest BCUT2D eigenvalue weighted by Crippen LogP contribution is -2.18. The molecule has 1 heterocycles. The van der Waals surface area contributed by atoms with E-state index in [-0.39, 0.29) is 28.8 Å². The van der Waals surface area contributed by atoms with Crippen molar-refractivity contribution in [2.24, 2.45) is 10.8 Å². The third kappa shape index (κ3) is 3.45. The van der Waals surface area contributed by atoms with Gasteiger partial charge >= 0.3 is 0 Å². The Balaban J connectivity index is 2.47. The van der Waals surface area contributed by atoms with Crippen molar-refractivity contribution < 1.29 is 9.53 Å². The number of carbonyl (C=O) groups is 1. The van der Waals surface area contributed by atoms with Crippen LogP contribution in [0, 0.1) is 10.8 Å². The van der Waals surface area contributed by atoms with E-state index in [0.29, 0.717) is 0 Å². The molecule has 1 saturated heterocycles. The zero-order valence-electron chi connectivity index (χ0n) is 10.6. The third-order valence-electron chi connectivity index (χ3n) is 2.56. The highest BCUT2D eigenvalue weighted by Gasteiger charge is 2.45. The van der Waals surface area contributed by atoms with Crippen LogP contribution in [0.15, 0.2) is 12.2 Å². The lowest BCUT2D eigenvalue weighted by Gasteiger charge is -2.14. The van der Waals surface area contributed by atoms with Gasteiger partial charge in [0.1, 0.15) is 6.10 Å². The predicted molar refractivity (Wildman–Crippen MR) is 61.7 cm³/mol. The van der Waals surface area contributed by atoms with Gasteiger partial charge in [-0.3, -0.25) is 4.79 Å². The quantitative estimate of drug-likeness (QED) is 0.518. The van der Waals surface area contributed by atoms with Crippen LogP contribution in [-0.2, 0) is 9.53 Å². The van der Waals surface area contributed by atoms with Crippen LogP contribution in [0.1, 0.15) is 41.5 Å². The Labute approximate surface area is 92.7 Å². The van der Waals surface area contributed by atoms with E-state index in [1.54, 1.807) is 6.08 Å². The second kappa shape index (κ2) is 3.75. The number of rotatable bonds is 2. The van der Waals surface area contributed by atoms with Crippen LogP contribution in [0.25, 0.3) is 0 Å². The van der Waals surface area contributed by atoms with Gasteiger partial charge in [-0.25, -0.2) is 0 Å². The van der Waals surface area contributed by atoms with Gasteiger partial charge in [0, 0.05) is 5.41 Å². The topological polar surface area (TPSA) is 29.6 Å². The molecular weight excluding hydrogens is 188 g/mol. The Kier molecular flexibility index (Phi) is 3.11. The largest absolute Gasteiger partial charge is 0.365 e. The molecule has 0 aromatic heterocycles. The van der Waals surface area contributed by atoms with Gasteiger partial charge in [-0.15, -0.1) is 0 Å². The first-order valence-corrected chi connectivity index (χ1v) is 5.50. The Hall–Kier alpha value is -0.630. The fraction of sp³-hybridized carbons (Fsp3) is 0.769. The Bertz CT molecular complexity index is 276. The Morgan fingerprint density at radius 2 is 1.67 bits per heavy atom. The number of epoxide rings is 1. The zero-order chi connectivity index (χ0) is 11.9. The summed E-state index contributed by atoms with van der Waals surface area (Å²) < 4.78 is 5.51. The Morgan fingerprint density at radius 3 is 2.00 bits per heavy atom. The lowest BCUT2D eigenvalue weighted by molar-refractivity contribution is -0.121. The molecular formula is C13H22O2. The molecule has 1 aliphatic rings. The van der Waals surface area contributed by atoms with Gasteiger partial charge in [0.15, 0.2) is 5.78 Å². The second-order valence-corrected chi connectivity index (χ2v) is 6.36. The van der Waals surface area contributed by atoms with Crippen molar-refractivity contribution in [2.45, 2.75) is 53.8 Å². The average Bonchev–Trinajstić information content (AvgIpc) is 2.75. The first-order valence-electron chi connectivity index (χ1n) is 5.50. The van der Waals surface area contributed by atoms with Crippen molar-refractivity contribution >= 4 is 5.78 Å². The van der Waals surface area contributed by atoms with Crippen LogP contribution in [0.2, 0.25) is 0 Å². The van der Waals surface area contributed by atoms with Crippen LogP contribution in [0.4, 0.5) is 0 Å². The number of allylic oxidation sites excluding steroid dienone is 1. The van der Waals surface area contributed by atoms with E-state index >= 15 is 0 Å². The van der Waals surface area contributed by atoms with E-state index in [0.717, 1.165) is 0 Å². The van der Waals surface area contributed by atoms with Crippen molar-refractivity contribution in [1.82, 2.24) is 0 Å². The number of carbonyl (C=O) groups excluding carboxylic acids is 1. The fourth-order valence-corrected chi connectivity index (χ4v) is 1.40. The number of ketones is 1. The van der Waals surface area contributed by atoms with E-state index < -0.39 is 0 Å². The number of ether oxygens (including phenoxy) is 1. The maximum absolute atomic E-state index is 11.6. The summed E-state index contributed by atoms with van der Waals surface area (Å²) in [5.74, 6) is 0.158. The summed E-state index contributed by atoms with van der Waals surface area (Å²) in [6, 6.07) is 0. The monoisotopic (exact) mass is 210 g/mol. The van der Waals surface area contributed by atoms with E-state index in [9.17, 15) is 4.79 Å². The summed E-state index contributed by atoms with van der Waals surface area (Å²) in [4.78, 5) is 11.6. The molecule has 0 aliphatic carbocycles. The van der Waals surface area contributed by atoms with Crippen molar-refractivity contribution in [3.05, 3.63) is 12.2 Å². The van der Waals surface area contributed by atoms with Gasteiger partial charge in [-0.1, -0.05) is 41.5 Å². The fourth-order valence-electron chi connectivity index (χ4n) is 1.40. The molecule has 86 valence electrons. The van der Waals surface area contributed by atoms with Crippen molar-refractivity contribution in [3.8, 4) is 0 Å². The summed E-state index contributed by atoms with van der Waals surface area (Å²) in [6.07, 6.45) is 3.96. The molecule has 2 atom stereocenters. The molecule has 15 heavy (non-hydrogen) atoms. The molecule has 0 amide bonds. The first kappa shape index (κ1) is 12.4. The zero-order valence-corrected chi connectivity index (χ0v) is 10.6. The van der Waals surface area contributed by atoms with Crippen LogP contribution < -0.4 is 0 Å². The summed E-state index contributed by atoms with van der Waals surface area (Å²) in [6.45, 7) is 12.2. The van der Waals surface area contributed by atoms with Crippen molar-refractivity contribution in [3.63, 3.8) is 0 Å². The molecule has 2 heteroatoms. The van der Waals surface area contributed by atoms with E-state index in [2.05, 4.69) is 20.8 Å². The SMILES string of the molecule is CC(C)(C)C(=O)/C=C/[C@@H]1OC1C(C)(C)C. The van der Waals surface area contributed by atoms with Crippen molar-refractivity contribution in [2.75, 3.05) is 0 Å². The summed E-state index contributed by atoms with van der Waals surface area (Å²) in [7, 11) is 0. The highest BCUT2D eigenvalue weighted by molar-refractivity contribution is 5.93. The highest BCUT2D eigenvalue weighted by Crippen LogP contribution is 2.38. The molecule has 1 rings (SSSR count). The van der Waals surface area contributed by atoms with Crippen LogP contribution in [-0.4, -0.2) is 18.0 Å². The van der Waals surface area contributed by atoms with Gasteiger partial charge in [-0.2, -0.15) is 0 Å². The van der Waals surface area contributed by atoms with E-state index in [1.165, 1.54) is 0 Å². The highest BCUT2D eigenvalue weighted by atomic mass is 16.6. The molecule has 2 nitrogen and oxygen atoms in total.